The minimum Gasteiger partial charge on any atom is -0.468 e. The van der Waals surface area contributed by atoms with E-state index in [1.54, 1.807) is 17.0 Å². The van der Waals surface area contributed by atoms with Crippen molar-refractivity contribution in [2.24, 2.45) is 0 Å². The molecule has 0 atom stereocenters. The van der Waals surface area contributed by atoms with Gasteiger partial charge < -0.3 is 14.6 Å². The molecule has 0 radical (unpaired) electrons. The van der Waals surface area contributed by atoms with E-state index >= 15 is 0 Å². The van der Waals surface area contributed by atoms with E-state index in [0.717, 1.165) is 5.56 Å². The average Bonchev–Trinajstić information content (AvgIpc) is 3.34. The van der Waals surface area contributed by atoms with Crippen molar-refractivity contribution in [1.82, 2.24) is 14.9 Å². The van der Waals surface area contributed by atoms with Crippen molar-refractivity contribution in [3.05, 3.63) is 89.9 Å². The van der Waals surface area contributed by atoms with E-state index in [-0.39, 0.29) is 29.5 Å². The summed E-state index contributed by atoms with van der Waals surface area (Å²) in [6.07, 6.45) is 1.46. The lowest BCUT2D eigenvalue weighted by Gasteiger charge is -2.21. The maximum absolute atomic E-state index is 12.5. The molecule has 0 aliphatic heterocycles. The molecule has 8 nitrogen and oxygen atoms in total. The van der Waals surface area contributed by atoms with E-state index in [4.69, 9.17) is 4.42 Å². The van der Waals surface area contributed by atoms with Crippen molar-refractivity contribution in [1.29, 1.82) is 0 Å². The normalized spacial score (nSPS) is 11.2. The van der Waals surface area contributed by atoms with Crippen LogP contribution >= 0.6 is 0 Å². The Bertz CT molecular complexity index is 1130. The lowest BCUT2D eigenvalue weighted by Crippen LogP contribution is -2.39. The zero-order chi connectivity index (χ0) is 23.0. The van der Waals surface area contributed by atoms with Gasteiger partial charge in [-0.1, -0.05) is 30.3 Å². The highest BCUT2D eigenvalue weighted by Gasteiger charge is 2.17. The maximum Gasteiger partial charge on any atom is 0.251 e. The van der Waals surface area contributed by atoms with E-state index < -0.39 is 15.9 Å². The molecule has 0 aliphatic carbocycles. The van der Waals surface area contributed by atoms with Gasteiger partial charge in [0, 0.05) is 18.7 Å². The number of hydrogen-bond acceptors (Lipinski definition) is 5. The van der Waals surface area contributed by atoms with Gasteiger partial charge in [-0.3, -0.25) is 9.59 Å². The van der Waals surface area contributed by atoms with E-state index in [0.29, 0.717) is 18.8 Å². The first kappa shape index (κ1) is 23.2. The highest BCUT2D eigenvalue weighted by atomic mass is 32.2. The number of nitrogens with one attached hydrogen (secondary N) is 2. The third kappa shape index (κ3) is 6.29. The van der Waals surface area contributed by atoms with E-state index in [1.165, 1.54) is 30.5 Å². The molecule has 2 amide bonds. The molecule has 3 rings (SSSR count). The molecule has 2 N–H and O–H groups in total. The van der Waals surface area contributed by atoms with Crippen molar-refractivity contribution in [3.63, 3.8) is 0 Å². The van der Waals surface area contributed by atoms with Crippen molar-refractivity contribution < 1.29 is 22.4 Å². The Balaban J connectivity index is 1.54. The van der Waals surface area contributed by atoms with Gasteiger partial charge >= 0.3 is 0 Å². The largest absolute Gasteiger partial charge is 0.468 e. The molecule has 32 heavy (non-hydrogen) atoms. The summed E-state index contributed by atoms with van der Waals surface area (Å²) in [5.41, 5.74) is 1.26. The topological polar surface area (TPSA) is 109 Å². The lowest BCUT2D eigenvalue weighted by molar-refractivity contribution is -0.130. The number of amides is 2. The van der Waals surface area contributed by atoms with Crippen LogP contribution in [0.15, 0.2) is 82.3 Å². The minimum absolute atomic E-state index is 0.0244. The first-order valence-electron chi connectivity index (χ1n) is 10.1. The predicted octanol–water partition coefficient (Wildman–Crippen LogP) is 2.54. The van der Waals surface area contributed by atoms with Gasteiger partial charge in [-0.05, 0) is 48.9 Å². The van der Waals surface area contributed by atoms with Crippen molar-refractivity contribution in [2.75, 3.05) is 13.1 Å². The van der Waals surface area contributed by atoms with Crippen LogP contribution in [0.1, 0.15) is 28.6 Å². The van der Waals surface area contributed by atoms with Gasteiger partial charge in [0.05, 0.1) is 24.2 Å². The number of hydrogen-bond donors (Lipinski definition) is 2. The number of sulfonamides is 1. The van der Waals surface area contributed by atoms with E-state index in [9.17, 15) is 18.0 Å². The van der Waals surface area contributed by atoms with Crippen molar-refractivity contribution >= 4 is 21.8 Å². The van der Waals surface area contributed by atoms with Crippen LogP contribution in [-0.4, -0.2) is 38.2 Å². The second kappa shape index (κ2) is 10.7. The summed E-state index contributed by atoms with van der Waals surface area (Å²) in [5, 5.41) is 2.59. The Morgan fingerprint density at radius 2 is 1.69 bits per heavy atom. The van der Waals surface area contributed by atoms with Gasteiger partial charge in [0.25, 0.3) is 5.91 Å². The molecule has 9 heteroatoms. The van der Waals surface area contributed by atoms with Crippen LogP contribution in [0.2, 0.25) is 0 Å². The fourth-order valence-electron chi connectivity index (χ4n) is 3.00. The lowest BCUT2D eigenvalue weighted by atomic mass is 10.2. The second-order valence-corrected chi connectivity index (χ2v) is 8.77. The first-order chi connectivity index (χ1) is 15.4. The average molecular weight is 456 g/mol. The summed E-state index contributed by atoms with van der Waals surface area (Å²) in [6.45, 7) is 2.73. The van der Waals surface area contributed by atoms with Gasteiger partial charge in [-0.25, -0.2) is 13.1 Å². The molecule has 3 aromatic rings. The Kier molecular flexibility index (Phi) is 7.80. The predicted molar refractivity (Wildman–Crippen MR) is 119 cm³/mol. The molecule has 0 bridgehead atoms. The number of carbonyl (C=O) groups excluding carboxylic acids is 2. The molecule has 1 aromatic heterocycles. The molecule has 2 aromatic carbocycles. The van der Waals surface area contributed by atoms with Crippen LogP contribution in [0.5, 0.6) is 0 Å². The van der Waals surface area contributed by atoms with Crippen LogP contribution in [0.4, 0.5) is 0 Å². The number of furan rings is 1. The SMILES string of the molecule is CCN(Cc1ccccc1)C(=O)CNC(=O)c1ccc(S(=O)(=O)NCc2ccco2)cc1. The van der Waals surface area contributed by atoms with Gasteiger partial charge in [0.1, 0.15) is 5.76 Å². The number of nitrogens with zero attached hydrogens (tertiary/aromatic N) is 1. The molecule has 0 unspecified atom stereocenters. The fraction of sp³-hybridized carbons (Fsp3) is 0.217. The number of likely N-dealkylation sites (N-methyl/N-ethyl adjacent to an activating group) is 1. The Labute approximate surface area is 187 Å². The minimum atomic E-state index is -3.75. The van der Waals surface area contributed by atoms with Crippen LogP contribution in [0.25, 0.3) is 0 Å². The van der Waals surface area contributed by atoms with Crippen molar-refractivity contribution in [3.8, 4) is 0 Å². The second-order valence-electron chi connectivity index (χ2n) is 7.00. The molecule has 168 valence electrons. The third-order valence-electron chi connectivity index (χ3n) is 4.79. The highest BCUT2D eigenvalue weighted by Crippen LogP contribution is 2.12. The molecular formula is C23H25N3O5S. The molecule has 0 fully saturated rings. The van der Waals surface area contributed by atoms with Crippen molar-refractivity contribution in [2.45, 2.75) is 24.9 Å². The summed E-state index contributed by atoms with van der Waals surface area (Å²) in [6, 6.07) is 18.4. The van der Waals surface area contributed by atoms with Gasteiger partial charge in [-0.15, -0.1) is 0 Å². The zero-order valence-electron chi connectivity index (χ0n) is 17.7. The number of rotatable bonds is 10. The van der Waals surface area contributed by atoms with Crippen LogP contribution < -0.4 is 10.0 Å². The van der Waals surface area contributed by atoms with E-state index in [2.05, 4.69) is 10.0 Å². The fourth-order valence-corrected chi connectivity index (χ4v) is 3.99. The molecule has 0 saturated carbocycles. The maximum atomic E-state index is 12.5. The summed E-state index contributed by atoms with van der Waals surface area (Å²) in [4.78, 5) is 26.6. The molecule has 0 spiro atoms. The zero-order valence-corrected chi connectivity index (χ0v) is 18.5. The first-order valence-corrected chi connectivity index (χ1v) is 11.6. The number of carbonyl (C=O) groups is 2. The Morgan fingerprint density at radius 3 is 2.31 bits per heavy atom. The Morgan fingerprint density at radius 1 is 0.969 bits per heavy atom. The summed E-state index contributed by atoms with van der Waals surface area (Å²) in [5.74, 6) is -0.171. The summed E-state index contributed by atoms with van der Waals surface area (Å²) >= 11 is 0. The molecule has 1 heterocycles. The van der Waals surface area contributed by atoms with Gasteiger partial charge in [-0.2, -0.15) is 0 Å². The number of benzene rings is 2. The quantitative estimate of drug-likeness (QED) is 0.488. The standard InChI is InChI=1S/C23H25N3O5S/c1-2-26(17-18-7-4-3-5-8-18)22(27)16-24-23(28)19-10-12-21(13-11-19)32(29,30)25-15-20-9-6-14-31-20/h3-14,25H,2,15-17H2,1H3,(H,24,28). The third-order valence-corrected chi connectivity index (χ3v) is 6.21. The van der Waals surface area contributed by atoms with Gasteiger partial charge in [0.2, 0.25) is 15.9 Å². The van der Waals surface area contributed by atoms with Gasteiger partial charge in [0.15, 0.2) is 0 Å². The van der Waals surface area contributed by atoms with Crippen LogP contribution in [0.3, 0.4) is 0 Å². The molecule has 0 aliphatic rings. The summed E-state index contributed by atoms with van der Waals surface area (Å²) in [7, 11) is -3.75. The molecule has 0 saturated heterocycles. The Hall–Kier alpha value is -3.43. The summed E-state index contributed by atoms with van der Waals surface area (Å²) < 4.78 is 32.3. The smallest absolute Gasteiger partial charge is 0.251 e. The van der Waals surface area contributed by atoms with Crippen LogP contribution in [0, 0.1) is 0 Å². The molecular weight excluding hydrogens is 430 g/mol. The van der Waals surface area contributed by atoms with Crippen LogP contribution in [-0.2, 0) is 27.9 Å². The van der Waals surface area contributed by atoms with E-state index in [1.807, 2.05) is 37.3 Å². The monoisotopic (exact) mass is 455 g/mol. The highest BCUT2D eigenvalue weighted by molar-refractivity contribution is 7.89.